The molecule has 0 saturated carbocycles. The van der Waals surface area contributed by atoms with Gasteiger partial charge in [-0.25, -0.2) is 0 Å². The van der Waals surface area contributed by atoms with Gasteiger partial charge in [0.15, 0.2) is 0 Å². The smallest absolute Gasteiger partial charge is 0.254 e. The van der Waals surface area contributed by atoms with E-state index in [2.05, 4.69) is 20.4 Å². The summed E-state index contributed by atoms with van der Waals surface area (Å²) in [4.78, 5) is 15.5. The number of nitrogens with one attached hydrogen (secondary N) is 1. The molecule has 1 aliphatic rings. The van der Waals surface area contributed by atoms with Crippen LogP contribution in [0.2, 0.25) is 0 Å². The van der Waals surface area contributed by atoms with Crippen molar-refractivity contribution < 1.29 is 4.79 Å². The highest BCUT2D eigenvalue weighted by molar-refractivity contribution is 6.10. The fourth-order valence-electron chi connectivity index (χ4n) is 3.62. The van der Waals surface area contributed by atoms with E-state index in [-0.39, 0.29) is 5.91 Å². The third-order valence-electron chi connectivity index (χ3n) is 5.13. The topological polar surface area (TPSA) is 58.1 Å². The average molecular weight is 360 g/mol. The molecular weight excluding hydrogens is 336 g/mol. The maximum atomic E-state index is 13.1. The Labute approximate surface area is 159 Å². The van der Waals surface area contributed by atoms with Gasteiger partial charge in [0, 0.05) is 24.0 Å². The lowest BCUT2D eigenvalue weighted by atomic mass is 10.0. The summed E-state index contributed by atoms with van der Waals surface area (Å²) in [6, 6.07) is 15.7. The number of hydrogen-bond acceptors (Lipinski definition) is 4. The van der Waals surface area contributed by atoms with Crippen molar-refractivity contribution in [3.05, 3.63) is 59.7 Å². The Bertz CT molecular complexity index is 946. The van der Waals surface area contributed by atoms with Crippen molar-refractivity contribution in [2.24, 2.45) is 0 Å². The zero-order valence-electron chi connectivity index (χ0n) is 15.6. The Balaban J connectivity index is 1.66. The second-order valence-electron chi connectivity index (χ2n) is 7.11. The molecule has 0 atom stereocenters. The summed E-state index contributed by atoms with van der Waals surface area (Å²) in [6.45, 7) is 5.83. The van der Waals surface area contributed by atoms with Crippen molar-refractivity contribution in [3.63, 3.8) is 0 Å². The first kappa shape index (κ1) is 17.6. The fraction of sp³-hybridized carbons (Fsp3) is 0.318. The highest BCUT2D eigenvalue weighted by Crippen LogP contribution is 2.27. The number of carbonyl (C=O) groups excluding carboxylic acids is 1. The Hall–Kier alpha value is -2.79. The Morgan fingerprint density at radius 1 is 1.04 bits per heavy atom. The van der Waals surface area contributed by atoms with Crippen LogP contribution in [0, 0.1) is 6.92 Å². The quantitative estimate of drug-likeness (QED) is 0.757. The van der Waals surface area contributed by atoms with E-state index in [1.165, 1.54) is 18.4 Å². The Morgan fingerprint density at radius 3 is 2.56 bits per heavy atom. The van der Waals surface area contributed by atoms with Crippen LogP contribution in [0.1, 0.15) is 28.8 Å². The monoisotopic (exact) mass is 360 g/mol. The van der Waals surface area contributed by atoms with Crippen molar-refractivity contribution in [2.45, 2.75) is 19.8 Å². The second kappa shape index (κ2) is 7.84. The minimum Gasteiger partial charge on any atom is -0.351 e. The Morgan fingerprint density at radius 2 is 1.78 bits per heavy atom. The normalized spacial score (nSPS) is 14.6. The summed E-state index contributed by atoms with van der Waals surface area (Å²) < 4.78 is 0. The van der Waals surface area contributed by atoms with Gasteiger partial charge in [0.25, 0.3) is 5.91 Å². The molecule has 1 aromatic heterocycles. The summed E-state index contributed by atoms with van der Waals surface area (Å²) in [5.41, 5.74) is 4.05. The molecule has 2 aromatic carbocycles. The van der Waals surface area contributed by atoms with Gasteiger partial charge in [0.2, 0.25) is 0 Å². The lowest BCUT2D eigenvalue weighted by molar-refractivity contribution is 0.0951. The third-order valence-corrected chi connectivity index (χ3v) is 5.13. The van der Waals surface area contributed by atoms with Gasteiger partial charge in [0.1, 0.15) is 5.69 Å². The molecule has 0 unspecified atom stereocenters. The van der Waals surface area contributed by atoms with E-state index in [1.54, 1.807) is 0 Å². The van der Waals surface area contributed by atoms with Crippen LogP contribution in [0.25, 0.3) is 22.2 Å². The van der Waals surface area contributed by atoms with Gasteiger partial charge >= 0.3 is 0 Å². The van der Waals surface area contributed by atoms with Gasteiger partial charge in [0.05, 0.1) is 11.1 Å². The van der Waals surface area contributed by atoms with E-state index in [4.69, 9.17) is 0 Å². The number of benzene rings is 2. The van der Waals surface area contributed by atoms with Gasteiger partial charge in [-0.15, -0.1) is 10.2 Å². The van der Waals surface area contributed by atoms with Crippen LogP contribution >= 0.6 is 0 Å². The highest BCUT2D eigenvalue weighted by atomic mass is 16.1. The van der Waals surface area contributed by atoms with Crippen molar-refractivity contribution in [1.29, 1.82) is 0 Å². The number of aryl methyl sites for hydroxylation is 1. The molecule has 0 bridgehead atoms. The first-order chi connectivity index (χ1) is 13.2. The minimum atomic E-state index is -0.0872. The highest BCUT2D eigenvalue weighted by Gasteiger charge is 2.19. The number of nitrogens with zero attached hydrogens (tertiary/aromatic N) is 3. The largest absolute Gasteiger partial charge is 0.351 e. The maximum Gasteiger partial charge on any atom is 0.254 e. The number of amides is 1. The van der Waals surface area contributed by atoms with E-state index >= 15 is 0 Å². The molecule has 0 aliphatic carbocycles. The molecule has 0 spiro atoms. The maximum absolute atomic E-state index is 13.1. The SMILES string of the molecule is Cc1ccc(-c2nnc3ccccc3c2C(=O)NCCN2CCCC2)cc1. The number of hydrogen-bond donors (Lipinski definition) is 1. The zero-order valence-corrected chi connectivity index (χ0v) is 15.6. The van der Waals surface area contributed by atoms with Crippen LogP contribution in [0.4, 0.5) is 0 Å². The van der Waals surface area contributed by atoms with Gasteiger partial charge < -0.3 is 10.2 Å². The van der Waals surface area contributed by atoms with Crippen molar-refractivity contribution in [2.75, 3.05) is 26.2 Å². The van der Waals surface area contributed by atoms with Crippen molar-refractivity contribution >= 4 is 16.8 Å². The zero-order chi connectivity index (χ0) is 18.6. The van der Waals surface area contributed by atoms with Crippen LogP contribution in [-0.2, 0) is 0 Å². The number of rotatable bonds is 5. The molecule has 1 amide bonds. The fourth-order valence-corrected chi connectivity index (χ4v) is 3.62. The first-order valence-electron chi connectivity index (χ1n) is 9.55. The van der Waals surface area contributed by atoms with Crippen LogP contribution < -0.4 is 5.32 Å². The number of fused-ring (bicyclic) bond motifs is 1. The molecule has 1 aliphatic heterocycles. The lowest BCUT2D eigenvalue weighted by Gasteiger charge is -2.16. The number of aromatic nitrogens is 2. The summed E-state index contributed by atoms with van der Waals surface area (Å²) in [7, 11) is 0. The molecule has 1 saturated heterocycles. The second-order valence-corrected chi connectivity index (χ2v) is 7.11. The predicted octanol–water partition coefficient (Wildman–Crippen LogP) is 3.43. The van der Waals surface area contributed by atoms with Gasteiger partial charge in [-0.1, -0.05) is 48.0 Å². The van der Waals surface area contributed by atoms with Crippen LogP contribution in [-0.4, -0.2) is 47.2 Å². The van der Waals surface area contributed by atoms with Gasteiger partial charge in [-0.3, -0.25) is 4.79 Å². The molecule has 5 heteroatoms. The van der Waals surface area contributed by atoms with E-state index < -0.39 is 0 Å². The molecule has 3 aromatic rings. The minimum absolute atomic E-state index is 0.0872. The summed E-state index contributed by atoms with van der Waals surface area (Å²) in [5, 5.41) is 12.6. The molecule has 2 heterocycles. The summed E-state index contributed by atoms with van der Waals surface area (Å²) in [5.74, 6) is -0.0872. The molecule has 1 N–H and O–H groups in total. The summed E-state index contributed by atoms with van der Waals surface area (Å²) in [6.07, 6.45) is 2.51. The Kier molecular flexibility index (Phi) is 5.12. The lowest BCUT2D eigenvalue weighted by Crippen LogP contribution is -2.34. The molecule has 27 heavy (non-hydrogen) atoms. The van der Waals surface area contributed by atoms with Crippen molar-refractivity contribution in [3.8, 4) is 11.3 Å². The van der Waals surface area contributed by atoms with Crippen molar-refractivity contribution in [1.82, 2.24) is 20.4 Å². The standard InChI is InChI=1S/C22H24N4O/c1-16-8-10-17(11-9-16)21-20(18-6-2-3-7-19(18)24-25-21)22(27)23-12-15-26-13-4-5-14-26/h2-3,6-11H,4-5,12-15H2,1H3,(H,23,27). The molecular formula is C22H24N4O. The molecule has 138 valence electrons. The van der Waals surface area contributed by atoms with E-state index in [9.17, 15) is 4.79 Å². The van der Waals surface area contributed by atoms with Gasteiger partial charge in [-0.2, -0.15) is 0 Å². The number of carbonyl (C=O) groups is 1. The van der Waals surface area contributed by atoms with E-state index in [0.29, 0.717) is 17.8 Å². The third kappa shape index (κ3) is 3.83. The molecule has 5 nitrogen and oxygen atoms in total. The molecule has 0 radical (unpaired) electrons. The van der Waals surface area contributed by atoms with Crippen LogP contribution in [0.15, 0.2) is 48.5 Å². The van der Waals surface area contributed by atoms with E-state index in [1.807, 2.05) is 55.5 Å². The molecule has 1 fully saturated rings. The van der Waals surface area contributed by atoms with Crippen LogP contribution in [0.3, 0.4) is 0 Å². The average Bonchev–Trinajstić information content (AvgIpc) is 3.21. The van der Waals surface area contributed by atoms with Crippen LogP contribution in [0.5, 0.6) is 0 Å². The first-order valence-corrected chi connectivity index (χ1v) is 9.55. The van der Waals surface area contributed by atoms with E-state index in [0.717, 1.165) is 36.1 Å². The summed E-state index contributed by atoms with van der Waals surface area (Å²) >= 11 is 0. The predicted molar refractivity (Wildman–Crippen MR) is 108 cm³/mol. The molecule has 4 rings (SSSR count). The number of likely N-dealkylation sites (tertiary alicyclic amines) is 1. The van der Waals surface area contributed by atoms with Gasteiger partial charge in [-0.05, 0) is 38.9 Å².